The number of ether oxygens (including phenoxy) is 1. The first kappa shape index (κ1) is 14.6. The summed E-state index contributed by atoms with van der Waals surface area (Å²) in [6, 6.07) is 18.7. The first-order valence-corrected chi connectivity index (χ1v) is 6.52. The zero-order valence-electron chi connectivity index (χ0n) is 11.7. The smallest absolute Gasteiger partial charge is 0.339 e. The standard InChI is InChI=1S/C18H16O3/c1-21-17(15-10-6-3-7-11-15)16(18(19)20)13-12-14-8-4-2-5-9-14/h2-13H,1H3,(H,19,20). The van der Waals surface area contributed by atoms with E-state index in [1.54, 1.807) is 12.2 Å². The van der Waals surface area contributed by atoms with Crippen LogP contribution in [0, 0.1) is 0 Å². The Morgan fingerprint density at radius 2 is 1.57 bits per heavy atom. The van der Waals surface area contributed by atoms with Gasteiger partial charge in [0.2, 0.25) is 0 Å². The number of carbonyl (C=O) groups is 1. The Kier molecular flexibility index (Phi) is 4.94. The highest BCUT2D eigenvalue weighted by Crippen LogP contribution is 2.21. The fraction of sp³-hybridized carbons (Fsp3) is 0.0556. The zero-order valence-corrected chi connectivity index (χ0v) is 11.7. The SMILES string of the molecule is COC(=C(C=Cc1ccccc1)C(=O)O)c1ccccc1. The van der Waals surface area contributed by atoms with Gasteiger partial charge in [0.25, 0.3) is 0 Å². The summed E-state index contributed by atoms with van der Waals surface area (Å²) in [7, 11) is 1.47. The van der Waals surface area contributed by atoms with Gasteiger partial charge >= 0.3 is 5.97 Å². The van der Waals surface area contributed by atoms with E-state index in [0.29, 0.717) is 5.76 Å². The molecule has 2 aromatic carbocycles. The van der Waals surface area contributed by atoms with E-state index < -0.39 is 5.97 Å². The minimum atomic E-state index is -1.03. The quantitative estimate of drug-likeness (QED) is 0.514. The molecule has 0 fully saturated rings. The third kappa shape index (κ3) is 3.83. The number of benzene rings is 2. The lowest BCUT2D eigenvalue weighted by molar-refractivity contribution is -0.132. The number of methoxy groups -OCH3 is 1. The lowest BCUT2D eigenvalue weighted by atomic mass is 10.1. The molecule has 0 radical (unpaired) electrons. The van der Waals surface area contributed by atoms with E-state index in [-0.39, 0.29) is 5.57 Å². The molecule has 0 bridgehead atoms. The molecule has 0 saturated heterocycles. The van der Waals surface area contributed by atoms with Crippen LogP contribution in [0.4, 0.5) is 0 Å². The molecule has 0 aliphatic rings. The summed E-state index contributed by atoms with van der Waals surface area (Å²) >= 11 is 0. The summed E-state index contributed by atoms with van der Waals surface area (Å²) in [5.41, 5.74) is 1.78. The summed E-state index contributed by atoms with van der Waals surface area (Å²) in [6.45, 7) is 0. The third-order valence-electron chi connectivity index (χ3n) is 2.96. The van der Waals surface area contributed by atoms with Crippen molar-refractivity contribution in [3.63, 3.8) is 0 Å². The number of carboxylic acid groups (broad SMARTS) is 1. The van der Waals surface area contributed by atoms with Crippen molar-refractivity contribution in [2.75, 3.05) is 7.11 Å². The molecule has 0 atom stereocenters. The average Bonchev–Trinajstić information content (AvgIpc) is 2.53. The summed E-state index contributed by atoms with van der Waals surface area (Å²) < 4.78 is 5.30. The molecular formula is C18H16O3. The van der Waals surface area contributed by atoms with Gasteiger partial charge < -0.3 is 9.84 Å². The van der Waals surface area contributed by atoms with Crippen molar-refractivity contribution in [1.29, 1.82) is 0 Å². The van der Waals surface area contributed by atoms with Crippen LogP contribution in [0.2, 0.25) is 0 Å². The van der Waals surface area contributed by atoms with Crippen molar-refractivity contribution in [3.8, 4) is 0 Å². The molecule has 0 saturated carbocycles. The van der Waals surface area contributed by atoms with Crippen molar-refractivity contribution in [3.05, 3.63) is 83.4 Å². The van der Waals surface area contributed by atoms with Crippen LogP contribution >= 0.6 is 0 Å². The predicted molar refractivity (Wildman–Crippen MR) is 83.5 cm³/mol. The van der Waals surface area contributed by atoms with Gasteiger partial charge in [-0.25, -0.2) is 4.79 Å². The first-order valence-electron chi connectivity index (χ1n) is 6.52. The second-order valence-corrected chi connectivity index (χ2v) is 4.36. The number of rotatable bonds is 5. The molecule has 0 spiro atoms. The van der Waals surface area contributed by atoms with Gasteiger partial charge in [-0.05, 0) is 11.6 Å². The van der Waals surface area contributed by atoms with Crippen molar-refractivity contribution < 1.29 is 14.6 Å². The molecule has 0 unspecified atom stereocenters. The molecule has 0 aliphatic heterocycles. The number of hydrogen-bond donors (Lipinski definition) is 1. The van der Waals surface area contributed by atoms with Crippen molar-refractivity contribution >= 4 is 17.8 Å². The van der Waals surface area contributed by atoms with Gasteiger partial charge in [-0.2, -0.15) is 0 Å². The van der Waals surface area contributed by atoms with Gasteiger partial charge in [-0.3, -0.25) is 0 Å². The van der Waals surface area contributed by atoms with Crippen LogP contribution in [0.1, 0.15) is 11.1 Å². The lowest BCUT2D eigenvalue weighted by Crippen LogP contribution is -2.03. The van der Waals surface area contributed by atoms with Crippen molar-refractivity contribution in [1.82, 2.24) is 0 Å². The van der Waals surface area contributed by atoms with Crippen LogP contribution < -0.4 is 0 Å². The summed E-state index contributed by atoms with van der Waals surface area (Å²) in [5.74, 6) is -0.682. The second kappa shape index (κ2) is 7.10. The minimum Gasteiger partial charge on any atom is -0.495 e. The molecule has 0 aliphatic carbocycles. The topological polar surface area (TPSA) is 46.5 Å². The maximum absolute atomic E-state index is 11.5. The molecule has 2 rings (SSSR count). The van der Waals surface area contributed by atoms with Gasteiger partial charge in [-0.1, -0.05) is 66.7 Å². The fourth-order valence-corrected chi connectivity index (χ4v) is 1.96. The molecule has 3 nitrogen and oxygen atoms in total. The highest BCUT2D eigenvalue weighted by molar-refractivity contribution is 5.99. The van der Waals surface area contributed by atoms with E-state index in [4.69, 9.17) is 4.74 Å². The molecule has 2 aromatic rings. The number of hydrogen-bond acceptors (Lipinski definition) is 2. The Hall–Kier alpha value is -2.81. The summed E-state index contributed by atoms with van der Waals surface area (Å²) in [6.07, 6.45) is 3.31. The van der Waals surface area contributed by atoms with Crippen LogP contribution in [0.15, 0.2) is 72.3 Å². The highest BCUT2D eigenvalue weighted by atomic mass is 16.5. The van der Waals surface area contributed by atoms with Crippen LogP contribution in [0.3, 0.4) is 0 Å². The van der Waals surface area contributed by atoms with Gasteiger partial charge in [0.15, 0.2) is 0 Å². The second-order valence-electron chi connectivity index (χ2n) is 4.36. The monoisotopic (exact) mass is 280 g/mol. The highest BCUT2D eigenvalue weighted by Gasteiger charge is 2.14. The van der Waals surface area contributed by atoms with Gasteiger partial charge in [0, 0.05) is 5.56 Å². The number of carboxylic acids is 1. The summed E-state index contributed by atoms with van der Waals surface area (Å²) in [5, 5.41) is 9.42. The van der Waals surface area contributed by atoms with Gasteiger partial charge in [-0.15, -0.1) is 0 Å². The average molecular weight is 280 g/mol. The Morgan fingerprint density at radius 1 is 1.00 bits per heavy atom. The molecule has 0 amide bonds. The zero-order chi connectivity index (χ0) is 15.1. The van der Waals surface area contributed by atoms with Gasteiger partial charge in [0.1, 0.15) is 11.3 Å². The molecule has 0 heterocycles. The largest absolute Gasteiger partial charge is 0.495 e. The third-order valence-corrected chi connectivity index (χ3v) is 2.96. The van der Waals surface area contributed by atoms with E-state index in [9.17, 15) is 9.90 Å². The van der Waals surface area contributed by atoms with Crippen molar-refractivity contribution in [2.45, 2.75) is 0 Å². The molecule has 106 valence electrons. The normalized spacial score (nSPS) is 12.0. The van der Waals surface area contributed by atoms with Crippen LogP contribution in [-0.2, 0) is 9.53 Å². The van der Waals surface area contributed by atoms with Gasteiger partial charge in [0.05, 0.1) is 7.11 Å². The van der Waals surface area contributed by atoms with E-state index in [1.165, 1.54) is 7.11 Å². The molecule has 3 heteroatoms. The molecular weight excluding hydrogens is 264 g/mol. The Labute approximate surface area is 123 Å². The predicted octanol–water partition coefficient (Wildman–Crippen LogP) is 3.84. The Balaban J connectivity index is 2.44. The maximum atomic E-state index is 11.5. The van der Waals surface area contributed by atoms with E-state index in [0.717, 1.165) is 11.1 Å². The molecule has 21 heavy (non-hydrogen) atoms. The minimum absolute atomic E-state index is 0.118. The first-order chi connectivity index (χ1) is 10.2. The maximum Gasteiger partial charge on any atom is 0.339 e. The molecule has 1 N–H and O–H groups in total. The lowest BCUT2D eigenvalue weighted by Gasteiger charge is -2.09. The van der Waals surface area contributed by atoms with Crippen molar-refractivity contribution in [2.24, 2.45) is 0 Å². The van der Waals surface area contributed by atoms with E-state index >= 15 is 0 Å². The number of aliphatic carboxylic acids is 1. The van der Waals surface area contributed by atoms with Crippen LogP contribution in [0.25, 0.3) is 11.8 Å². The Morgan fingerprint density at radius 3 is 2.10 bits per heavy atom. The van der Waals surface area contributed by atoms with E-state index in [2.05, 4.69) is 0 Å². The van der Waals surface area contributed by atoms with Crippen LogP contribution in [0.5, 0.6) is 0 Å². The molecule has 0 aromatic heterocycles. The van der Waals surface area contributed by atoms with E-state index in [1.807, 2.05) is 60.7 Å². The Bertz CT molecular complexity index is 655. The van der Waals surface area contributed by atoms with Crippen LogP contribution in [-0.4, -0.2) is 18.2 Å². The fourth-order valence-electron chi connectivity index (χ4n) is 1.96. The summed E-state index contributed by atoms with van der Waals surface area (Å²) in [4.78, 5) is 11.5.